The van der Waals surface area contributed by atoms with Gasteiger partial charge in [-0.1, -0.05) is 30.3 Å². The van der Waals surface area contributed by atoms with Crippen LogP contribution < -0.4 is 4.72 Å². The zero-order valence-electron chi connectivity index (χ0n) is 11.9. The highest BCUT2D eigenvalue weighted by molar-refractivity contribution is 7.87. The number of aliphatic carboxylic acids is 1. The van der Waals surface area contributed by atoms with Gasteiger partial charge in [0.2, 0.25) is 0 Å². The second-order valence-electron chi connectivity index (χ2n) is 5.41. The highest BCUT2D eigenvalue weighted by Crippen LogP contribution is 2.34. The van der Waals surface area contributed by atoms with Gasteiger partial charge in [0.1, 0.15) is 0 Å². The number of carbonyl (C=O) groups is 1. The fourth-order valence-electron chi connectivity index (χ4n) is 2.20. The van der Waals surface area contributed by atoms with E-state index in [1.807, 2.05) is 30.3 Å². The Morgan fingerprint density at radius 1 is 1.38 bits per heavy atom. The fraction of sp³-hybridized carbons (Fsp3) is 0.500. The van der Waals surface area contributed by atoms with Gasteiger partial charge in [0.05, 0.1) is 6.42 Å². The van der Waals surface area contributed by atoms with Crippen molar-refractivity contribution in [2.45, 2.75) is 31.8 Å². The summed E-state index contributed by atoms with van der Waals surface area (Å²) < 4.78 is 28.3. The third-order valence-corrected chi connectivity index (χ3v) is 5.09. The first-order valence-electron chi connectivity index (χ1n) is 6.88. The summed E-state index contributed by atoms with van der Waals surface area (Å²) >= 11 is 0. The van der Waals surface area contributed by atoms with Crippen molar-refractivity contribution in [3.05, 3.63) is 35.9 Å². The summed E-state index contributed by atoms with van der Waals surface area (Å²) in [5.41, 5.74) is 0.881. The lowest BCUT2D eigenvalue weighted by molar-refractivity contribution is -0.137. The van der Waals surface area contributed by atoms with Gasteiger partial charge in [-0.05, 0) is 24.3 Å². The van der Waals surface area contributed by atoms with Crippen molar-refractivity contribution in [3.63, 3.8) is 0 Å². The molecule has 1 aromatic rings. The van der Waals surface area contributed by atoms with Gasteiger partial charge in [-0.25, -0.2) is 0 Å². The molecule has 1 saturated carbocycles. The Morgan fingerprint density at radius 3 is 2.52 bits per heavy atom. The molecule has 0 heterocycles. The summed E-state index contributed by atoms with van der Waals surface area (Å²) in [5.74, 6) is -0.846. The van der Waals surface area contributed by atoms with Gasteiger partial charge in [0.25, 0.3) is 10.2 Å². The molecule has 0 aromatic heterocycles. The van der Waals surface area contributed by atoms with Crippen LogP contribution in [0.25, 0.3) is 0 Å². The molecule has 21 heavy (non-hydrogen) atoms. The van der Waals surface area contributed by atoms with E-state index in [2.05, 4.69) is 4.72 Å². The highest BCUT2D eigenvalue weighted by Gasteiger charge is 2.36. The van der Waals surface area contributed by atoms with Crippen LogP contribution in [-0.2, 0) is 21.5 Å². The van der Waals surface area contributed by atoms with Gasteiger partial charge in [0.15, 0.2) is 0 Å². The average molecular weight is 312 g/mol. The van der Waals surface area contributed by atoms with Crippen LogP contribution in [0.4, 0.5) is 0 Å². The Kier molecular flexibility index (Phi) is 4.97. The zero-order valence-corrected chi connectivity index (χ0v) is 12.7. The first kappa shape index (κ1) is 15.9. The molecule has 116 valence electrons. The van der Waals surface area contributed by atoms with Gasteiger partial charge in [-0.3, -0.25) is 4.79 Å². The van der Waals surface area contributed by atoms with Crippen LogP contribution in [0.15, 0.2) is 30.3 Å². The van der Waals surface area contributed by atoms with Crippen LogP contribution in [0.1, 0.15) is 24.8 Å². The Bertz CT molecular complexity index is 584. The molecule has 1 aliphatic carbocycles. The highest BCUT2D eigenvalue weighted by atomic mass is 32.2. The molecule has 1 atom stereocenters. The fourth-order valence-corrected chi connectivity index (χ4v) is 3.36. The van der Waals surface area contributed by atoms with Gasteiger partial charge in [-0.2, -0.15) is 17.4 Å². The van der Waals surface area contributed by atoms with Crippen LogP contribution in [0.2, 0.25) is 0 Å². The number of benzene rings is 1. The van der Waals surface area contributed by atoms with Gasteiger partial charge >= 0.3 is 5.97 Å². The second kappa shape index (κ2) is 6.55. The van der Waals surface area contributed by atoms with Crippen LogP contribution in [-0.4, -0.2) is 36.9 Å². The lowest BCUT2D eigenvalue weighted by atomic mass is 10.1. The second-order valence-corrected chi connectivity index (χ2v) is 7.22. The van der Waals surface area contributed by atoms with Crippen LogP contribution >= 0.6 is 0 Å². The number of nitrogens with one attached hydrogen (secondary N) is 1. The molecule has 1 aliphatic rings. The van der Waals surface area contributed by atoms with Crippen molar-refractivity contribution in [2.24, 2.45) is 5.92 Å². The van der Waals surface area contributed by atoms with E-state index in [4.69, 9.17) is 5.11 Å². The molecular formula is C14H20N2O4S. The van der Waals surface area contributed by atoms with Crippen molar-refractivity contribution in [3.8, 4) is 0 Å². The molecule has 6 nitrogen and oxygen atoms in total. The van der Waals surface area contributed by atoms with E-state index in [0.29, 0.717) is 0 Å². The minimum atomic E-state index is -3.69. The van der Waals surface area contributed by atoms with Crippen LogP contribution in [0.3, 0.4) is 0 Å². The predicted octanol–water partition coefficient (Wildman–Crippen LogP) is 1.21. The number of rotatable bonds is 8. The molecule has 0 amide bonds. The maximum absolute atomic E-state index is 12.3. The molecule has 7 heteroatoms. The van der Waals surface area contributed by atoms with E-state index in [0.717, 1.165) is 18.4 Å². The minimum absolute atomic E-state index is 0.140. The number of carboxylic acid groups (broad SMARTS) is 1. The minimum Gasteiger partial charge on any atom is -0.481 e. The predicted molar refractivity (Wildman–Crippen MR) is 78.7 cm³/mol. The van der Waals surface area contributed by atoms with Crippen molar-refractivity contribution in [1.29, 1.82) is 0 Å². The maximum Gasteiger partial charge on any atom is 0.304 e. The summed E-state index contributed by atoms with van der Waals surface area (Å²) in [6, 6.07) is 8.74. The van der Waals surface area contributed by atoms with E-state index in [-0.39, 0.29) is 18.9 Å². The normalized spacial score (nSPS) is 16.9. The van der Waals surface area contributed by atoms with Crippen molar-refractivity contribution < 1.29 is 18.3 Å². The number of carboxylic acids is 1. The van der Waals surface area contributed by atoms with Gasteiger partial charge < -0.3 is 5.11 Å². The molecule has 1 aromatic carbocycles. The van der Waals surface area contributed by atoms with Crippen molar-refractivity contribution >= 4 is 16.2 Å². The molecule has 0 radical (unpaired) electrons. The SMILES string of the molecule is CN(Cc1ccccc1)S(=O)(=O)NC(CC(=O)O)C1CC1. The molecule has 1 fully saturated rings. The largest absolute Gasteiger partial charge is 0.481 e. The monoisotopic (exact) mass is 312 g/mol. The van der Waals surface area contributed by atoms with Crippen molar-refractivity contribution in [1.82, 2.24) is 9.03 Å². The van der Waals surface area contributed by atoms with Crippen molar-refractivity contribution in [2.75, 3.05) is 7.05 Å². The maximum atomic E-state index is 12.3. The average Bonchev–Trinajstić information content (AvgIpc) is 3.22. The van der Waals surface area contributed by atoms with E-state index in [1.54, 1.807) is 0 Å². The van der Waals surface area contributed by atoms with Gasteiger partial charge in [-0.15, -0.1) is 0 Å². The summed E-state index contributed by atoms with van der Waals surface area (Å²) in [7, 11) is -2.20. The first-order chi connectivity index (χ1) is 9.88. The summed E-state index contributed by atoms with van der Waals surface area (Å²) in [6.07, 6.45) is 1.58. The Morgan fingerprint density at radius 2 is 2.00 bits per heavy atom. The van der Waals surface area contributed by atoms with E-state index in [9.17, 15) is 13.2 Å². The lowest BCUT2D eigenvalue weighted by Gasteiger charge is -2.22. The molecular weight excluding hydrogens is 292 g/mol. The van der Waals surface area contributed by atoms with E-state index >= 15 is 0 Å². The van der Waals surface area contributed by atoms with Gasteiger partial charge in [0, 0.05) is 19.6 Å². The molecule has 0 saturated heterocycles. The standard InChI is InChI=1S/C14H20N2O4S/c1-16(10-11-5-3-2-4-6-11)21(19,20)15-13(9-14(17)18)12-7-8-12/h2-6,12-13,15H,7-10H2,1H3,(H,17,18). The van der Waals surface area contributed by atoms with E-state index in [1.165, 1.54) is 11.4 Å². The number of hydrogen-bond donors (Lipinski definition) is 2. The smallest absolute Gasteiger partial charge is 0.304 e. The summed E-state index contributed by atoms with van der Waals surface area (Å²) in [6.45, 7) is 0.251. The first-order valence-corrected chi connectivity index (χ1v) is 8.32. The molecule has 0 spiro atoms. The molecule has 2 N–H and O–H groups in total. The Balaban J connectivity index is 2.00. The molecule has 1 unspecified atom stereocenters. The lowest BCUT2D eigenvalue weighted by Crippen LogP contribution is -2.45. The number of nitrogens with zero attached hydrogens (tertiary/aromatic N) is 1. The third kappa shape index (κ3) is 4.80. The third-order valence-electron chi connectivity index (χ3n) is 3.54. The quantitative estimate of drug-likeness (QED) is 0.755. The molecule has 0 aliphatic heterocycles. The van der Waals surface area contributed by atoms with Crippen LogP contribution in [0.5, 0.6) is 0 Å². The van der Waals surface area contributed by atoms with Crippen LogP contribution in [0, 0.1) is 5.92 Å². The topological polar surface area (TPSA) is 86.7 Å². The Hall–Kier alpha value is -1.44. The summed E-state index contributed by atoms with van der Waals surface area (Å²) in [5, 5.41) is 8.88. The molecule has 2 rings (SSSR count). The zero-order chi connectivity index (χ0) is 15.5. The Labute approximate surface area is 125 Å². The molecule has 0 bridgehead atoms. The van der Waals surface area contributed by atoms with E-state index < -0.39 is 22.2 Å². The summed E-state index contributed by atoms with van der Waals surface area (Å²) in [4.78, 5) is 10.8. The number of hydrogen-bond acceptors (Lipinski definition) is 3.